The monoisotopic (exact) mass is 806 g/mol. The Kier molecular flexibility index (Phi) is 37.3. The minimum atomic E-state index is -0.0220. The van der Waals surface area contributed by atoms with Crippen LogP contribution >= 0.6 is 0 Å². The van der Waals surface area contributed by atoms with Gasteiger partial charge in [0.25, 0.3) is 0 Å². The van der Waals surface area contributed by atoms with Crippen molar-refractivity contribution in [2.45, 2.75) is 246 Å². The largest absolute Gasteiger partial charge is 0.466 e. The van der Waals surface area contributed by atoms with Gasteiger partial charge in [0.2, 0.25) is 0 Å². The van der Waals surface area contributed by atoms with Gasteiger partial charge in [-0.05, 0) is 76.3 Å². The maximum Gasteiger partial charge on any atom is 0.308 e. The van der Waals surface area contributed by atoms with E-state index in [-0.39, 0.29) is 23.8 Å². The Morgan fingerprint density at radius 2 is 0.789 bits per heavy atom. The standard InChI is InChI=1S/C50H95NO6/c1-5-9-29-45(30-10-6-2)37-42-55-48(52)35-25-21-17-13-15-19-23-33-47(50(54)57-44-41-51-39-27-28-40-51)34-24-20-16-14-18-22-26-36-49(53)56-43-38-46(31-11-7-3)32-12-8-4/h45-47H,5-44H2,1-4H3. The van der Waals surface area contributed by atoms with Gasteiger partial charge in [-0.15, -0.1) is 0 Å². The van der Waals surface area contributed by atoms with Crippen LogP contribution in [-0.2, 0) is 28.6 Å². The van der Waals surface area contributed by atoms with Crippen molar-refractivity contribution in [2.75, 3.05) is 39.5 Å². The number of ether oxygens (including phenoxy) is 3. The second kappa shape index (κ2) is 39.8. The van der Waals surface area contributed by atoms with Gasteiger partial charge >= 0.3 is 17.9 Å². The van der Waals surface area contributed by atoms with Crippen molar-refractivity contribution in [3.63, 3.8) is 0 Å². The van der Waals surface area contributed by atoms with Gasteiger partial charge in [0.15, 0.2) is 0 Å². The Labute approximate surface area is 353 Å². The molecule has 0 spiro atoms. The Bertz CT molecular complexity index is 848. The van der Waals surface area contributed by atoms with E-state index in [1.165, 1.54) is 116 Å². The lowest BCUT2D eigenvalue weighted by Gasteiger charge is -2.18. The zero-order valence-electron chi connectivity index (χ0n) is 38.4. The molecule has 0 aromatic carbocycles. The van der Waals surface area contributed by atoms with Crippen molar-refractivity contribution in [2.24, 2.45) is 17.8 Å². The molecule has 0 bridgehead atoms. The van der Waals surface area contributed by atoms with Gasteiger partial charge in [0, 0.05) is 19.4 Å². The highest BCUT2D eigenvalue weighted by Gasteiger charge is 2.20. The van der Waals surface area contributed by atoms with Crippen LogP contribution in [0.15, 0.2) is 0 Å². The van der Waals surface area contributed by atoms with Crippen LogP contribution in [0.4, 0.5) is 0 Å². The molecule has 0 aliphatic carbocycles. The van der Waals surface area contributed by atoms with Gasteiger partial charge in [0.05, 0.1) is 19.1 Å². The summed E-state index contributed by atoms with van der Waals surface area (Å²) >= 11 is 0. The summed E-state index contributed by atoms with van der Waals surface area (Å²) in [5.74, 6) is 1.39. The quantitative estimate of drug-likeness (QED) is 0.0345. The first-order valence-corrected chi connectivity index (χ1v) is 25.1. The molecular weight excluding hydrogens is 711 g/mol. The maximum atomic E-state index is 13.2. The fourth-order valence-electron chi connectivity index (χ4n) is 8.53. The summed E-state index contributed by atoms with van der Waals surface area (Å²) in [6.07, 6.45) is 38.2. The van der Waals surface area contributed by atoms with Crippen molar-refractivity contribution in [3.05, 3.63) is 0 Å². The molecule has 57 heavy (non-hydrogen) atoms. The fraction of sp³-hybridized carbons (Fsp3) is 0.940. The molecule has 0 saturated carbocycles. The molecule has 0 aromatic rings. The van der Waals surface area contributed by atoms with Crippen LogP contribution in [0.25, 0.3) is 0 Å². The third-order valence-electron chi connectivity index (χ3n) is 12.5. The van der Waals surface area contributed by atoms with Crippen LogP contribution in [0.1, 0.15) is 246 Å². The van der Waals surface area contributed by atoms with E-state index in [0.717, 1.165) is 110 Å². The van der Waals surface area contributed by atoms with Crippen LogP contribution in [0, 0.1) is 17.8 Å². The number of hydrogen-bond acceptors (Lipinski definition) is 7. The van der Waals surface area contributed by atoms with E-state index in [0.29, 0.717) is 44.5 Å². The van der Waals surface area contributed by atoms with Gasteiger partial charge < -0.3 is 14.2 Å². The summed E-state index contributed by atoms with van der Waals surface area (Å²) in [5.41, 5.74) is 0. The molecule has 1 rings (SSSR count). The van der Waals surface area contributed by atoms with Crippen molar-refractivity contribution in [1.29, 1.82) is 0 Å². The predicted octanol–water partition coefficient (Wildman–Crippen LogP) is 14.1. The van der Waals surface area contributed by atoms with Crippen LogP contribution in [0.2, 0.25) is 0 Å². The van der Waals surface area contributed by atoms with E-state index in [2.05, 4.69) is 32.6 Å². The lowest BCUT2D eigenvalue weighted by Crippen LogP contribution is -2.27. The van der Waals surface area contributed by atoms with Gasteiger partial charge in [-0.2, -0.15) is 0 Å². The van der Waals surface area contributed by atoms with Crippen LogP contribution in [-0.4, -0.2) is 62.3 Å². The first-order valence-electron chi connectivity index (χ1n) is 25.1. The zero-order chi connectivity index (χ0) is 41.4. The highest BCUT2D eigenvalue weighted by molar-refractivity contribution is 5.72. The molecule has 0 amide bonds. The van der Waals surface area contributed by atoms with Gasteiger partial charge in [-0.3, -0.25) is 19.3 Å². The predicted molar refractivity (Wildman–Crippen MR) is 239 cm³/mol. The molecule has 0 radical (unpaired) electrons. The molecule has 336 valence electrons. The lowest BCUT2D eigenvalue weighted by molar-refractivity contribution is -0.149. The summed E-state index contributed by atoms with van der Waals surface area (Å²) in [6.45, 7) is 13.8. The molecule has 1 aliphatic rings. The summed E-state index contributed by atoms with van der Waals surface area (Å²) in [4.78, 5) is 40.1. The fourth-order valence-corrected chi connectivity index (χ4v) is 8.53. The topological polar surface area (TPSA) is 82.1 Å². The third-order valence-corrected chi connectivity index (χ3v) is 12.5. The first-order chi connectivity index (χ1) is 27.9. The Morgan fingerprint density at radius 1 is 0.421 bits per heavy atom. The molecule has 0 atom stereocenters. The van der Waals surface area contributed by atoms with Crippen molar-refractivity contribution < 1.29 is 28.6 Å². The van der Waals surface area contributed by atoms with Crippen LogP contribution in [0.5, 0.6) is 0 Å². The third kappa shape index (κ3) is 32.9. The summed E-state index contributed by atoms with van der Waals surface area (Å²) < 4.78 is 17.0. The minimum absolute atomic E-state index is 0.0164. The number of carbonyl (C=O) groups is 3. The van der Waals surface area contributed by atoms with E-state index in [9.17, 15) is 14.4 Å². The highest BCUT2D eigenvalue weighted by Crippen LogP contribution is 2.23. The number of unbranched alkanes of at least 4 members (excludes halogenated alkanes) is 16. The number of carbonyl (C=O) groups excluding carboxylic acids is 3. The number of nitrogens with zero attached hydrogens (tertiary/aromatic N) is 1. The van der Waals surface area contributed by atoms with E-state index < -0.39 is 0 Å². The molecule has 7 heteroatoms. The normalized spacial score (nSPS) is 13.3. The maximum absolute atomic E-state index is 13.2. The van der Waals surface area contributed by atoms with Gasteiger partial charge in [-0.25, -0.2) is 0 Å². The molecular formula is C50H95NO6. The second-order valence-electron chi connectivity index (χ2n) is 17.8. The van der Waals surface area contributed by atoms with Gasteiger partial charge in [0.1, 0.15) is 6.61 Å². The number of likely N-dealkylation sites (tertiary alicyclic amines) is 1. The van der Waals surface area contributed by atoms with Crippen molar-refractivity contribution in [1.82, 2.24) is 4.90 Å². The summed E-state index contributed by atoms with van der Waals surface area (Å²) in [5, 5.41) is 0. The number of rotatable bonds is 42. The molecule has 1 heterocycles. The van der Waals surface area contributed by atoms with Gasteiger partial charge in [-0.1, -0.05) is 182 Å². The Balaban J connectivity index is 2.20. The Morgan fingerprint density at radius 3 is 1.18 bits per heavy atom. The van der Waals surface area contributed by atoms with E-state index in [4.69, 9.17) is 14.2 Å². The molecule has 7 nitrogen and oxygen atoms in total. The number of hydrogen-bond donors (Lipinski definition) is 0. The van der Waals surface area contributed by atoms with Crippen LogP contribution in [0.3, 0.4) is 0 Å². The SMILES string of the molecule is CCCCC(CCCC)CCOC(=O)CCCCCCCCCC(CCCCCCCCCC(=O)OCCC(CCCC)CCCC)C(=O)OCCN1CCCC1. The smallest absolute Gasteiger partial charge is 0.308 e. The van der Waals surface area contributed by atoms with Crippen molar-refractivity contribution in [3.8, 4) is 0 Å². The molecule has 1 saturated heterocycles. The Hall–Kier alpha value is -1.63. The van der Waals surface area contributed by atoms with Crippen LogP contribution < -0.4 is 0 Å². The average molecular weight is 806 g/mol. The summed E-state index contributed by atoms with van der Waals surface area (Å²) in [6, 6.07) is 0. The van der Waals surface area contributed by atoms with E-state index in [1.54, 1.807) is 0 Å². The minimum Gasteiger partial charge on any atom is -0.466 e. The molecule has 0 N–H and O–H groups in total. The molecule has 0 unspecified atom stereocenters. The molecule has 1 aliphatic heterocycles. The first kappa shape index (κ1) is 53.4. The average Bonchev–Trinajstić information content (AvgIpc) is 3.73. The van der Waals surface area contributed by atoms with E-state index >= 15 is 0 Å². The zero-order valence-corrected chi connectivity index (χ0v) is 38.4. The second-order valence-corrected chi connectivity index (χ2v) is 17.8. The molecule has 1 fully saturated rings. The molecule has 0 aromatic heterocycles. The lowest BCUT2D eigenvalue weighted by atomic mass is 9.93. The highest BCUT2D eigenvalue weighted by atomic mass is 16.5. The van der Waals surface area contributed by atoms with E-state index in [1.807, 2.05) is 0 Å². The van der Waals surface area contributed by atoms with Crippen molar-refractivity contribution >= 4 is 17.9 Å². The number of esters is 3. The summed E-state index contributed by atoms with van der Waals surface area (Å²) in [7, 11) is 0.